The molecule has 0 N–H and O–H groups in total. The van der Waals surface area contributed by atoms with E-state index >= 15 is 0 Å². The molecule has 0 amide bonds. The highest BCUT2D eigenvalue weighted by molar-refractivity contribution is 9.10. The third-order valence-corrected chi connectivity index (χ3v) is 4.87. The molecule has 0 fully saturated rings. The Morgan fingerprint density at radius 1 is 0.880 bits per heavy atom. The van der Waals surface area contributed by atoms with E-state index in [-0.39, 0.29) is 17.1 Å². The fourth-order valence-electron chi connectivity index (χ4n) is 2.94. The smallest absolute Gasteiger partial charge is 0.197 e. The number of fused-ring (bicyclic) bond motifs is 1. The zero-order valence-corrected chi connectivity index (χ0v) is 15.0. The maximum atomic E-state index is 12.4. The summed E-state index contributed by atoms with van der Waals surface area (Å²) < 4.78 is 6.77. The number of halogens is 1. The first-order valence-corrected chi connectivity index (χ1v) is 8.60. The van der Waals surface area contributed by atoms with Crippen molar-refractivity contribution >= 4 is 33.6 Å². The van der Waals surface area contributed by atoms with Gasteiger partial charge in [0.15, 0.2) is 11.6 Å². The van der Waals surface area contributed by atoms with Crippen LogP contribution in [0.15, 0.2) is 69.1 Å². The largest absolute Gasteiger partial charge is 0.457 e. The molecule has 3 aromatic rings. The van der Waals surface area contributed by atoms with Gasteiger partial charge in [-0.2, -0.15) is 0 Å². The molecule has 25 heavy (non-hydrogen) atoms. The zero-order chi connectivity index (χ0) is 17.6. The number of carbonyl (C=O) groups excluding carboxylic acids is 2. The van der Waals surface area contributed by atoms with E-state index in [1.54, 1.807) is 30.3 Å². The lowest BCUT2D eigenvalue weighted by atomic mass is 10.1. The highest BCUT2D eigenvalue weighted by Crippen LogP contribution is 2.32. The van der Waals surface area contributed by atoms with Gasteiger partial charge in [0.25, 0.3) is 0 Å². The molecule has 2 aromatic carbocycles. The lowest BCUT2D eigenvalue weighted by Crippen LogP contribution is -1.99. The van der Waals surface area contributed by atoms with Crippen LogP contribution < -0.4 is 0 Å². The number of ketones is 2. The van der Waals surface area contributed by atoms with Crippen molar-refractivity contribution in [2.75, 3.05) is 0 Å². The second-order valence-electron chi connectivity index (χ2n) is 5.95. The second-order valence-corrected chi connectivity index (χ2v) is 6.80. The van der Waals surface area contributed by atoms with Gasteiger partial charge in [-0.15, -0.1) is 0 Å². The Hall–Kier alpha value is -2.72. The van der Waals surface area contributed by atoms with Gasteiger partial charge in [-0.3, -0.25) is 9.59 Å². The lowest BCUT2D eigenvalue weighted by molar-refractivity contribution is 0.0990. The van der Waals surface area contributed by atoms with E-state index in [0.29, 0.717) is 22.6 Å². The van der Waals surface area contributed by atoms with E-state index in [0.717, 1.165) is 15.6 Å². The van der Waals surface area contributed by atoms with Crippen molar-refractivity contribution in [3.63, 3.8) is 0 Å². The van der Waals surface area contributed by atoms with Gasteiger partial charge in [0, 0.05) is 21.2 Å². The van der Waals surface area contributed by atoms with E-state index in [9.17, 15) is 9.59 Å². The molecule has 1 heterocycles. The topological polar surface area (TPSA) is 47.3 Å². The molecule has 0 spiro atoms. The first kappa shape index (κ1) is 15.8. The molecule has 3 nitrogen and oxygen atoms in total. The van der Waals surface area contributed by atoms with Crippen molar-refractivity contribution in [2.45, 2.75) is 6.92 Å². The fourth-order valence-corrected chi connectivity index (χ4v) is 3.63. The second kappa shape index (κ2) is 5.97. The highest BCUT2D eigenvalue weighted by Gasteiger charge is 2.32. The van der Waals surface area contributed by atoms with E-state index in [4.69, 9.17) is 4.42 Å². The van der Waals surface area contributed by atoms with Crippen LogP contribution in [-0.4, -0.2) is 11.6 Å². The number of carbonyl (C=O) groups is 2. The molecule has 4 rings (SSSR count). The van der Waals surface area contributed by atoms with Gasteiger partial charge in [0.05, 0.1) is 5.57 Å². The van der Waals surface area contributed by atoms with Crippen molar-refractivity contribution in [3.05, 3.63) is 87.1 Å². The first-order valence-electron chi connectivity index (χ1n) is 7.81. The van der Waals surface area contributed by atoms with Gasteiger partial charge in [-0.1, -0.05) is 46.3 Å². The Bertz CT molecular complexity index is 1020. The van der Waals surface area contributed by atoms with Crippen LogP contribution in [0.5, 0.6) is 0 Å². The monoisotopic (exact) mass is 392 g/mol. The molecule has 1 aliphatic carbocycles. The number of hydrogen-bond donors (Lipinski definition) is 0. The number of aryl methyl sites for hydroxylation is 1. The van der Waals surface area contributed by atoms with Crippen molar-refractivity contribution in [1.82, 2.24) is 0 Å². The predicted molar refractivity (Wildman–Crippen MR) is 99.7 cm³/mol. The molecule has 1 aliphatic rings. The highest BCUT2D eigenvalue weighted by atomic mass is 79.9. The number of allylic oxidation sites excluding steroid dienone is 1. The maximum absolute atomic E-state index is 12.4. The third-order valence-electron chi connectivity index (χ3n) is 4.21. The predicted octanol–water partition coefficient (Wildman–Crippen LogP) is 5.48. The summed E-state index contributed by atoms with van der Waals surface area (Å²) in [7, 11) is 0. The Morgan fingerprint density at radius 3 is 2.20 bits per heavy atom. The van der Waals surface area contributed by atoms with Gasteiger partial charge < -0.3 is 4.42 Å². The van der Waals surface area contributed by atoms with Crippen LogP contribution in [0, 0.1) is 6.92 Å². The minimum absolute atomic E-state index is 0.144. The summed E-state index contributed by atoms with van der Waals surface area (Å²) in [5, 5.41) is 0. The Morgan fingerprint density at radius 2 is 1.56 bits per heavy atom. The van der Waals surface area contributed by atoms with Crippen molar-refractivity contribution in [1.29, 1.82) is 0 Å². The zero-order valence-electron chi connectivity index (χ0n) is 13.4. The van der Waals surface area contributed by atoms with Crippen LogP contribution in [0.1, 0.15) is 32.0 Å². The number of hydrogen-bond acceptors (Lipinski definition) is 3. The summed E-state index contributed by atoms with van der Waals surface area (Å²) in [5.74, 6) is 0.645. The standard InChI is InChI=1S/C21H13BrO3/c1-12-6-8-16(18(22)10-12)19-9-7-13(25-19)11-17-20(23)14-4-2-3-5-15(14)21(17)24/h2-11H,1H3. The summed E-state index contributed by atoms with van der Waals surface area (Å²) in [6.45, 7) is 2.02. The number of benzene rings is 2. The lowest BCUT2D eigenvalue weighted by Gasteiger charge is -2.02. The molecule has 4 heteroatoms. The molecule has 0 unspecified atom stereocenters. The van der Waals surface area contributed by atoms with Gasteiger partial charge >= 0.3 is 0 Å². The molecule has 0 atom stereocenters. The van der Waals surface area contributed by atoms with E-state index < -0.39 is 0 Å². The molecule has 1 aromatic heterocycles. The van der Waals surface area contributed by atoms with Crippen molar-refractivity contribution < 1.29 is 14.0 Å². The van der Waals surface area contributed by atoms with E-state index in [2.05, 4.69) is 15.9 Å². The van der Waals surface area contributed by atoms with Crippen molar-refractivity contribution in [2.24, 2.45) is 0 Å². The summed E-state index contributed by atoms with van der Waals surface area (Å²) >= 11 is 3.54. The van der Waals surface area contributed by atoms with Gasteiger partial charge in [0.1, 0.15) is 11.5 Å². The Balaban J connectivity index is 1.71. The maximum Gasteiger partial charge on any atom is 0.197 e. The molecular weight excluding hydrogens is 380 g/mol. The van der Waals surface area contributed by atoms with Crippen LogP contribution >= 0.6 is 15.9 Å². The summed E-state index contributed by atoms with van der Waals surface area (Å²) in [5.41, 5.74) is 3.11. The number of rotatable bonds is 2. The Labute approximate surface area is 153 Å². The minimum atomic E-state index is -0.255. The van der Waals surface area contributed by atoms with Gasteiger partial charge in [0.2, 0.25) is 0 Å². The first-order chi connectivity index (χ1) is 12.0. The van der Waals surface area contributed by atoms with Crippen LogP contribution in [0.4, 0.5) is 0 Å². The number of Topliss-reactive ketones (excluding diaryl/α,β-unsaturated/α-hetero) is 2. The quantitative estimate of drug-likeness (QED) is 0.428. The van der Waals surface area contributed by atoms with Crippen LogP contribution in [0.25, 0.3) is 17.4 Å². The molecule has 0 saturated carbocycles. The minimum Gasteiger partial charge on any atom is -0.457 e. The molecule has 0 radical (unpaired) electrons. The van der Waals surface area contributed by atoms with Gasteiger partial charge in [-0.25, -0.2) is 0 Å². The molecule has 122 valence electrons. The van der Waals surface area contributed by atoms with Crippen LogP contribution in [0.3, 0.4) is 0 Å². The fraction of sp³-hybridized carbons (Fsp3) is 0.0476. The van der Waals surface area contributed by atoms with E-state index in [1.165, 1.54) is 6.08 Å². The average Bonchev–Trinajstić information content (AvgIpc) is 3.15. The van der Waals surface area contributed by atoms with Crippen molar-refractivity contribution in [3.8, 4) is 11.3 Å². The molecule has 0 saturated heterocycles. The molecule has 0 bridgehead atoms. The molecule has 0 aliphatic heterocycles. The Kier molecular flexibility index (Phi) is 3.77. The normalized spacial score (nSPS) is 13.3. The SMILES string of the molecule is Cc1ccc(-c2ccc(C=C3C(=O)c4ccccc4C3=O)o2)c(Br)c1. The average molecular weight is 393 g/mol. The summed E-state index contributed by atoms with van der Waals surface area (Å²) in [4.78, 5) is 24.9. The van der Waals surface area contributed by atoms with E-state index in [1.807, 2.05) is 31.2 Å². The van der Waals surface area contributed by atoms with Crippen LogP contribution in [-0.2, 0) is 0 Å². The molecular formula is C21H13BrO3. The van der Waals surface area contributed by atoms with Crippen LogP contribution in [0.2, 0.25) is 0 Å². The third kappa shape index (κ3) is 2.68. The number of furan rings is 1. The summed E-state index contributed by atoms with van der Waals surface area (Å²) in [6, 6.07) is 16.4. The summed E-state index contributed by atoms with van der Waals surface area (Å²) in [6.07, 6.45) is 1.52. The van der Waals surface area contributed by atoms with Gasteiger partial charge in [-0.05, 0) is 42.8 Å².